The van der Waals surface area contributed by atoms with Crippen molar-refractivity contribution in [1.82, 2.24) is 4.98 Å². The lowest BCUT2D eigenvalue weighted by Crippen LogP contribution is -2.10. The second-order valence-electron chi connectivity index (χ2n) is 16.2. The van der Waals surface area contributed by atoms with Gasteiger partial charge in [0.1, 0.15) is 42.2 Å². The summed E-state index contributed by atoms with van der Waals surface area (Å²) in [5.41, 5.74) is 6.85. The molecule has 0 N–H and O–H groups in total. The molecule has 0 spiro atoms. The molecule has 0 aliphatic heterocycles. The Morgan fingerprint density at radius 2 is 1.54 bits per heavy atom. The van der Waals surface area contributed by atoms with Crippen molar-refractivity contribution in [2.45, 2.75) is 134 Å². The molecular formula is C48H55Cl2FN2O3. The maximum absolute atomic E-state index is 13.7. The first-order valence-electron chi connectivity index (χ1n) is 21.1. The fourth-order valence-corrected chi connectivity index (χ4v) is 9.32. The van der Waals surface area contributed by atoms with Crippen LogP contribution in [-0.2, 0) is 19.4 Å². The zero-order chi connectivity index (χ0) is 38.7. The number of aryl methyl sites for hydroxylation is 1. The molecule has 3 aliphatic rings. The van der Waals surface area contributed by atoms with Crippen LogP contribution in [0.2, 0.25) is 10.0 Å². The van der Waals surface area contributed by atoms with E-state index in [0.29, 0.717) is 46.2 Å². The molecule has 5 nitrogen and oxygen atoms in total. The number of nitriles is 1. The van der Waals surface area contributed by atoms with Gasteiger partial charge in [-0.2, -0.15) is 5.26 Å². The van der Waals surface area contributed by atoms with Crippen LogP contribution < -0.4 is 14.2 Å². The van der Waals surface area contributed by atoms with Gasteiger partial charge in [-0.25, -0.2) is 4.39 Å². The van der Waals surface area contributed by atoms with Gasteiger partial charge in [-0.3, -0.25) is 4.98 Å². The second kappa shape index (κ2) is 20.1. The van der Waals surface area contributed by atoms with Crippen LogP contribution in [0.15, 0.2) is 67.0 Å². The lowest BCUT2D eigenvalue weighted by molar-refractivity contribution is 0.206. The van der Waals surface area contributed by atoms with Crippen molar-refractivity contribution in [2.75, 3.05) is 6.61 Å². The van der Waals surface area contributed by atoms with Gasteiger partial charge in [-0.15, -0.1) is 0 Å². The molecule has 2 fully saturated rings. The van der Waals surface area contributed by atoms with Crippen molar-refractivity contribution in [2.24, 2.45) is 11.8 Å². The summed E-state index contributed by atoms with van der Waals surface area (Å²) in [7, 11) is 0. The Hall–Kier alpha value is -3.79. The number of halogens is 3. The molecule has 4 aromatic rings. The van der Waals surface area contributed by atoms with Crippen LogP contribution in [0, 0.1) is 23.2 Å². The lowest BCUT2D eigenvalue weighted by Gasteiger charge is -2.25. The fourth-order valence-electron chi connectivity index (χ4n) is 8.81. The summed E-state index contributed by atoms with van der Waals surface area (Å²) in [6, 6.07) is 20.3. The molecule has 0 saturated heterocycles. The van der Waals surface area contributed by atoms with Crippen molar-refractivity contribution < 1.29 is 18.6 Å². The highest BCUT2D eigenvalue weighted by Crippen LogP contribution is 2.45. The van der Waals surface area contributed by atoms with Gasteiger partial charge in [0.25, 0.3) is 0 Å². The molecule has 7 rings (SSSR count). The molecular weight excluding hydrogens is 742 g/mol. The standard InChI is InChI=1S/C48H55Cl2FN2O3/c49-43-27-37(15-4-3-11-33-12-6-13-33)46(55-32-36-26-35(29-52)30-53-31-36)28-47(43)56-44-24-23-40-39(17-8-18-41(40)44)42-19-9-20-45(48(42)50)54-25-5-1-2-10-34-14-7-16-38(51)22-21-34/h8-9,17-20,26-28,30-31,33-34,38,44H,1-7,10-16,21-25,32H2/t34?,38?,44-/m0/s1. The highest BCUT2D eigenvalue weighted by atomic mass is 35.5. The number of nitrogens with zero attached hydrogens (tertiary/aromatic N) is 2. The van der Waals surface area contributed by atoms with E-state index in [2.05, 4.69) is 35.3 Å². The lowest BCUT2D eigenvalue weighted by atomic mass is 9.81. The minimum absolute atomic E-state index is 0.172. The van der Waals surface area contributed by atoms with Crippen molar-refractivity contribution in [3.8, 4) is 34.4 Å². The fraction of sp³-hybridized carbons (Fsp3) is 0.500. The van der Waals surface area contributed by atoms with Crippen LogP contribution in [0.5, 0.6) is 17.2 Å². The minimum atomic E-state index is -0.594. The summed E-state index contributed by atoms with van der Waals surface area (Å²) in [6.45, 7) is 0.916. The molecule has 0 bridgehead atoms. The normalized spacial score (nSPS) is 19.4. The van der Waals surface area contributed by atoms with Crippen molar-refractivity contribution in [1.29, 1.82) is 5.26 Å². The maximum atomic E-state index is 13.7. The summed E-state index contributed by atoms with van der Waals surface area (Å²) >= 11 is 14.0. The van der Waals surface area contributed by atoms with Gasteiger partial charge in [0.05, 0.1) is 22.2 Å². The van der Waals surface area contributed by atoms with Crippen molar-refractivity contribution in [3.63, 3.8) is 0 Å². The summed E-state index contributed by atoms with van der Waals surface area (Å²) in [4.78, 5) is 4.21. The van der Waals surface area contributed by atoms with E-state index in [4.69, 9.17) is 37.4 Å². The largest absolute Gasteiger partial charge is 0.492 e. The number of alkyl halides is 1. The van der Waals surface area contributed by atoms with E-state index in [0.717, 1.165) is 110 Å². The molecule has 8 heteroatoms. The first kappa shape index (κ1) is 40.4. The van der Waals surface area contributed by atoms with Gasteiger partial charge in [0.15, 0.2) is 0 Å². The monoisotopic (exact) mass is 796 g/mol. The third-order valence-corrected chi connectivity index (χ3v) is 12.9. The Balaban J connectivity index is 1.00. The third-order valence-electron chi connectivity index (χ3n) is 12.2. The van der Waals surface area contributed by atoms with Gasteiger partial charge in [-0.1, -0.05) is 118 Å². The molecule has 2 saturated carbocycles. The Labute approximate surface area is 342 Å². The van der Waals surface area contributed by atoms with Crippen LogP contribution >= 0.6 is 23.2 Å². The van der Waals surface area contributed by atoms with Gasteiger partial charge in [0, 0.05) is 29.6 Å². The van der Waals surface area contributed by atoms with Gasteiger partial charge in [-0.05, 0) is 104 Å². The summed E-state index contributed by atoms with van der Waals surface area (Å²) in [5, 5.41) is 10.6. The summed E-state index contributed by atoms with van der Waals surface area (Å²) in [5.74, 6) is 3.63. The number of ether oxygens (including phenoxy) is 3. The third kappa shape index (κ3) is 10.6. The van der Waals surface area contributed by atoms with Crippen molar-refractivity contribution in [3.05, 3.63) is 105 Å². The summed E-state index contributed by atoms with van der Waals surface area (Å²) < 4.78 is 33.1. The molecule has 3 aromatic carbocycles. The van der Waals surface area contributed by atoms with Crippen LogP contribution in [-0.4, -0.2) is 17.8 Å². The quantitative estimate of drug-likeness (QED) is 0.0741. The average molecular weight is 798 g/mol. The highest BCUT2D eigenvalue weighted by molar-refractivity contribution is 6.35. The van der Waals surface area contributed by atoms with Gasteiger partial charge < -0.3 is 14.2 Å². The zero-order valence-electron chi connectivity index (χ0n) is 32.6. The molecule has 1 heterocycles. The number of aromatic nitrogens is 1. The van der Waals surface area contributed by atoms with Crippen molar-refractivity contribution >= 4 is 23.2 Å². The van der Waals surface area contributed by atoms with E-state index >= 15 is 0 Å². The summed E-state index contributed by atoms with van der Waals surface area (Å²) in [6.07, 6.45) is 21.9. The number of hydrogen-bond acceptors (Lipinski definition) is 5. The van der Waals surface area contributed by atoms with E-state index in [1.807, 2.05) is 30.3 Å². The van der Waals surface area contributed by atoms with E-state index in [1.54, 1.807) is 12.4 Å². The van der Waals surface area contributed by atoms with Crippen LogP contribution in [0.1, 0.15) is 137 Å². The van der Waals surface area contributed by atoms with E-state index in [9.17, 15) is 9.65 Å². The Kier molecular flexibility index (Phi) is 14.5. The Bertz CT molecular complexity index is 1960. The number of hydrogen-bond donors (Lipinski definition) is 0. The Morgan fingerprint density at radius 1 is 0.750 bits per heavy atom. The van der Waals surface area contributed by atoms with E-state index in [1.165, 1.54) is 50.5 Å². The zero-order valence-corrected chi connectivity index (χ0v) is 34.1. The van der Waals surface area contributed by atoms with Crippen LogP contribution in [0.4, 0.5) is 4.39 Å². The predicted octanol–water partition coefficient (Wildman–Crippen LogP) is 13.9. The molecule has 56 heavy (non-hydrogen) atoms. The van der Waals surface area contributed by atoms with Gasteiger partial charge in [0.2, 0.25) is 0 Å². The van der Waals surface area contributed by atoms with E-state index < -0.39 is 6.17 Å². The maximum Gasteiger partial charge on any atom is 0.142 e. The predicted molar refractivity (Wildman–Crippen MR) is 224 cm³/mol. The number of rotatable bonds is 18. The SMILES string of the molecule is N#Cc1cncc(COc2cc(O[C@H]3CCc4c(-c5cccc(OCCCCCC6CCCC(F)CC6)c5Cl)cccc43)c(Cl)cc2CCCCC2CCC2)c1. The smallest absolute Gasteiger partial charge is 0.142 e. The molecule has 2 unspecified atom stereocenters. The van der Waals surface area contributed by atoms with E-state index in [-0.39, 0.29) is 6.10 Å². The molecule has 3 aliphatic carbocycles. The minimum Gasteiger partial charge on any atom is -0.492 e. The molecule has 1 aromatic heterocycles. The molecule has 3 atom stereocenters. The number of benzene rings is 3. The highest BCUT2D eigenvalue weighted by Gasteiger charge is 2.29. The molecule has 296 valence electrons. The number of fused-ring (bicyclic) bond motifs is 1. The number of pyridine rings is 1. The molecule has 0 amide bonds. The Morgan fingerprint density at radius 3 is 2.38 bits per heavy atom. The number of unbranched alkanes of at least 4 members (excludes halogenated alkanes) is 3. The topological polar surface area (TPSA) is 64.4 Å². The first-order chi connectivity index (χ1) is 27.4. The van der Waals surface area contributed by atoms with Gasteiger partial charge >= 0.3 is 0 Å². The van der Waals surface area contributed by atoms with Crippen LogP contribution in [0.25, 0.3) is 11.1 Å². The first-order valence-corrected chi connectivity index (χ1v) is 21.8. The second-order valence-corrected chi connectivity index (χ2v) is 17.0. The average Bonchev–Trinajstić information content (AvgIpc) is 3.49. The molecule has 0 radical (unpaired) electrons. The van der Waals surface area contributed by atoms with Crippen LogP contribution in [0.3, 0.4) is 0 Å².